The third-order valence-corrected chi connectivity index (χ3v) is 5.82. The van der Waals surface area contributed by atoms with Crippen LogP contribution >= 0.6 is 0 Å². The lowest BCUT2D eigenvalue weighted by Crippen LogP contribution is -2.36. The second-order valence-electron chi connectivity index (χ2n) is 7.99. The van der Waals surface area contributed by atoms with E-state index in [1.54, 1.807) is 6.20 Å². The first-order chi connectivity index (χ1) is 14.7. The summed E-state index contributed by atoms with van der Waals surface area (Å²) in [6.45, 7) is 0. The van der Waals surface area contributed by atoms with Crippen LogP contribution in [0, 0.1) is 12.3 Å². The normalized spacial score (nSPS) is 15.5. The van der Waals surface area contributed by atoms with E-state index < -0.39 is 0 Å². The van der Waals surface area contributed by atoms with E-state index in [1.807, 2.05) is 36.4 Å². The summed E-state index contributed by atoms with van der Waals surface area (Å²) in [6.07, 6.45) is 8.78. The summed E-state index contributed by atoms with van der Waals surface area (Å²) in [5.41, 5.74) is 10.1. The number of aromatic nitrogens is 1. The predicted octanol–water partition coefficient (Wildman–Crippen LogP) is 5.13. The minimum atomic E-state index is -0.0764. The van der Waals surface area contributed by atoms with E-state index in [0.717, 1.165) is 48.8 Å². The van der Waals surface area contributed by atoms with Crippen LogP contribution in [0.3, 0.4) is 0 Å². The molecule has 1 aliphatic rings. The summed E-state index contributed by atoms with van der Waals surface area (Å²) >= 11 is 0. The van der Waals surface area contributed by atoms with Gasteiger partial charge in [-0.25, -0.2) is 4.98 Å². The molecule has 1 fully saturated rings. The second-order valence-corrected chi connectivity index (χ2v) is 7.99. The second kappa shape index (κ2) is 9.57. The van der Waals surface area contributed by atoms with Crippen molar-refractivity contribution >= 4 is 11.7 Å². The van der Waals surface area contributed by atoms with Crippen LogP contribution in [0.15, 0.2) is 72.9 Å². The van der Waals surface area contributed by atoms with Crippen LogP contribution in [0.1, 0.15) is 42.9 Å². The summed E-state index contributed by atoms with van der Waals surface area (Å²) < 4.78 is 0. The Morgan fingerprint density at radius 3 is 2.53 bits per heavy atom. The highest BCUT2D eigenvalue weighted by Gasteiger charge is 2.24. The molecular weight excluding hydrogens is 370 g/mol. The number of hydrogen-bond donors (Lipinski definition) is 2. The monoisotopic (exact) mass is 398 g/mol. The molecule has 153 valence electrons. The third-order valence-electron chi connectivity index (χ3n) is 5.82. The maximum absolute atomic E-state index is 13.0. The molecule has 3 aromatic rings. The van der Waals surface area contributed by atoms with E-state index in [9.17, 15) is 4.79 Å². The molecule has 1 unspecified atom stereocenters. The minimum Gasteiger partial charge on any atom is -0.384 e. The van der Waals surface area contributed by atoms with Gasteiger partial charge >= 0.3 is 0 Å². The molecule has 0 spiro atoms. The molecule has 0 aliphatic heterocycles. The molecule has 1 amide bonds. The molecule has 1 radical (unpaired) electrons. The van der Waals surface area contributed by atoms with Gasteiger partial charge in [-0.1, -0.05) is 48.5 Å². The lowest BCUT2D eigenvalue weighted by atomic mass is 9.88. The maximum Gasteiger partial charge on any atom is 0.223 e. The molecule has 2 aromatic carbocycles. The number of carbonyl (C=O) groups excluding carboxylic acids is 1. The average molecular weight is 399 g/mol. The molecule has 1 saturated carbocycles. The van der Waals surface area contributed by atoms with Crippen LogP contribution in [0.5, 0.6) is 0 Å². The molecule has 4 rings (SSSR count). The quantitative estimate of drug-likeness (QED) is 0.605. The Labute approximate surface area is 178 Å². The zero-order chi connectivity index (χ0) is 20.8. The van der Waals surface area contributed by atoms with Gasteiger partial charge in [-0.15, -0.1) is 0 Å². The van der Waals surface area contributed by atoms with Crippen LogP contribution in [-0.4, -0.2) is 10.9 Å². The van der Waals surface area contributed by atoms with Crippen LogP contribution in [0.2, 0.25) is 0 Å². The maximum atomic E-state index is 13.0. The summed E-state index contributed by atoms with van der Waals surface area (Å²) in [6, 6.07) is 22.4. The summed E-state index contributed by atoms with van der Waals surface area (Å²) in [5, 5.41) is 3.35. The first kappa shape index (κ1) is 20.1. The fourth-order valence-electron chi connectivity index (χ4n) is 4.09. The van der Waals surface area contributed by atoms with Crippen molar-refractivity contribution in [3.05, 3.63) is 90.5 Å². The van der Waals surface area contributed by atoms with Crippen molar-refractivity contribution in [3.8, 4) is 11.1 Å². The zero-order valence-electron chi connectivity index (χ0n) is 17.1. The van der Waals surface area contributed by atoms with Gasteiger partial charge in [-0.3, -0.25) is 4.79 Å². The van der Waals surface area contributed by atoms with E-state index >= 15 is 0 Å². The van der Waals surface area contributed by atoms with Crippen molar-refractivity contribution in [2.75, 3.05) is 5.73 Å². The highest BCUT2D eigenvalue weighted by molar-refractivity contribution is 5.79. The van der Waals surface area contributed by atoms with Gasteiger partial charge in [0, 0.05) is 17.7 Å². The van der Waals surface area contributed by atoms with Gasteiger partial charge in [-0.05, 0) is 73.4 Å². The van der Waals surface area contributed by atoms with Crippen molar-refractivity contribution < 1.29 is 4.79 Å². The van der Waals surface area contributed by atoms with Gasteiger partial charge in [0.25, 0.3) is 0 Å². The van der Waals surface area contributed by atoms with Crippen LogP contribution in [-0.2, 0) is 11.2 Å². The predicted molar refractivity (Wildman–Crippen MR) is 121 cm³/mol. The molecule has 1 atom stereocenters. The average Bonchev–Trinajstić information content (AvgIpc) is 2.80. The number of carbonyl (C=O) groups is 1. The largest absolute Gasteiger partial charge is 0.384 e. The van der Waals surface area contributed by atoms with Crippen molar-refractivity contribution in [2.45, 2.75) is 38.1 Å². The molecule has 4 heteroatoms. The van der Waals surface area contributed by atoms with Crippen molar-refractivity contribution in [1.82, 2.24) is 10.3 Å². The molecule has 1 aliphatic carbocycles. The van der Waals surface area contributed by atoms with Gasteiger partial charge in [0.1, 0.15) is 5.82 Å². The molecule has 1 aromatic heterocycles. The SMILES string of the molecule is Nc1ccc(-c2cccc(C(Cc3ccccc3)NC(=O)C3CC[CH]CC3)c2)cn1. The first-order valence-corrected chi connectivity index (χ1v) is 10.7. The zero-order valence-corrected chi connectivity index (χ0v) is 17.1. The van der Waals surface area contributed by atoms with Gasteiger partial charge < -0.3 is 11.1 Å². The Morgan fingerprint density at radius 2 is 1.80 bits per heavy atom. The number of benzene rings is 2. The number of nitrogens with zero attached hydrogens (tertiary/aromatic N) is 1. The Hall–Kier alpha value is -3.14. The van der Waals surface area contributed by atoms with Gasteiger partial charge in [0.15, 0.2) is 0 Å². The van der Waals surface area contributed by atoms with Gasteiger partial charge in [0.2, 0.25) is 5.91 Å². The lowest BCUT2D eigenvalue weighted by molar-refractivity contribution is -0.126. The molecule has 30 heavy (non-hydrogen) atoms. The molecule has 0 bridgehead atoms. The van der Waals surface area contributed by atoms with Crippen molar-refractivity contribution in [1.29, 1.82) is 0 Å². The van der Waals surface area contributed by atoms with Crippen molar-refractivity contribution in [3.63, 3.8) is 0 Å². The molecule has 3 N–H and O–H groups in total. The number of nitrogens with one attached hydrogen (secondary N) is 1. The number of pyridine rings is 1. The summed E-state index contributed by atoms with van der Waals surface area (Å²) in [7, 11) is 0. The number of rotatable bonds is 6. The molecule has 4 nitrogen and oxygen atoms in total. The highest BCUT2D eigenvalue weighted by atomic mass is 16.1. The lowest BCUT2D eigenvalue weighted by Gasteiger charge is -2.25. The number of nitrogens with two attached hydrogens (primary N) is 1. The standard InChI is InChI=1S/C26H28N3O/c27-25-15-14-23(18-28-25)21-12-7-13-22(17-21)24(16-19-8-3-1-4-9-19)29-26(30)20-10-5-2-6-11-20/h1-4,7-9,12-15,17-18,20,24H,5-6,10-11,16H2,(H2,27,28)(H,29,30). The summed E-state index contributed by atoms with van der Waals surface area (Å²) in [5.74, 6) is 0.787. The Balaban J connectivity index is 1.60. The number of anilines is 1. The van der Waals surface area contributed by atoms with Crippen LogP contribution in [0.4, 0.5) is 5.82 Å². The van der Waals surface area contributed by atoms with Crippen LogP contribution < -0.4 is 11.1 Å². The fourth-order valence-corrected chi connectivity index (χ4v) is 4.09. The topological polar surface area (TPSA) is 68.0 Å². The molecule has 1 heterocycles. The Bertz CT molecular complexity index is 963. The summed E-state index contributed by atoms with van der Waals surface area (Å²) in [4.78, 5) is 17.2. The fraction of sp³-hybridized carbons (Fsp3) is 0.269. The Morgan fingerprint density at radius 1 is 1.00 bits per heavy atom. The Kier molecular flexibility index (Phi) is 6.43. The van der Waals surface area contributed by atoms with E-state index in [0.29, 0.717) is 5.82 Å². The van der Waals surface area contributed by atoms with Gasteiger partial charge in [-0.2, -0.15) is 0 Å². The number of nitrogen functional groups attached to an aromatic ring is 1. The number of amides is 1. The number of hydrogen-bond acceptors (Lipinski definition) is 3. The smallest absolute Gasteiger partial charge is 0.223 e. The van der Waals surface area contributed by atoms with E-state index in [2.05, 4.69) is 47.1 Å². The van der Waals surface area contributed by atoms with E-state index in [-0.39, 0.29) is 17.9 Å². The van der Waals surface area contributed by atoms with Gasteiger partial charge in [0.05, 0.1) is 6.04 Å². The van der Waals surface area contributed by atoms with Crippen molar-refractivity contribution in [2.24, 2.45) is 5.92 Å². The highest BCUT2D eigenvalue weighted by Crippen LogP contribution is 2.28. The van der Waals surface area contributed by atoms with E-state index in [1.165, 1.54) is 5.56 Å². The molecular formula is C26H28N3O. The van der Waals surface area contributed by atoms with E-state index in [4.69, 9.17) is 5.73 Å². The van der Waals surface area contributed by atoms with Crippen LogP contribution in [0.25, 0.3) is 11.1 Å². The third kappa shape index (κ3) is 5.07. The first-order valence-electron chi connectivity index (χ1n) is 10.7. The minimum absolute atomic E-state index is 0.0764. The molecule has 0 saturated heterocycles.